The maximum atomic E-state index is 13.0. The molecule has 0 radical (unpaired) electrons. The number of ether oxygens (including phenoxy) is 3. The molecule has 0 aromatic heterocycles. The standard InChI is InChI=1S/C22H30N2O4/c1-6-28-22(25)21-18(13-27-12-11-23)24-15(3)19(16(4)26-5)20(21)17-10-8-7-9-14(17)2/h7-10,20,24H,4,6,11-13,23H2,1-3,5H3. The molecule has 1 heterocycles. The molecule has 0 saturated carbocycles. The first-order valence-corrected chi connectivity index (χ1v) is 9.40. The highest BCUT2D eigenvalue weighted by molar-refractivity contribution is 5.93. The van der Waals surface area contributed by atoms with Gasteiger partial charge in [0.25, 0.3) is 0 Å². The second-order valence-electron chi connectivity index (χ2n) is 6.53. The van der Waals surface area contributed by atoms with E-state index in [1.165, 1.54) is 0 Å². The van der Waals surface area contributed by atoms with Crippen LogP contribution in [0.1, 0.15) is 30.9 Å². The fourth-order valence-electron chi connectivity index (χ4n) is 3.42. The summed E-state index contributed by atoms with van der Waals surface area (Å²) in [4.78, 5) is 13.0. The van der Waals surface area contributed by atoms with Crippen LogP contribution in [-0.4, -0.2) is 39.4 Å². The predicted molar refractivity (Wildman–Crippen MR) is 109 cm³/mol. The molecule has 0 saturated heterocycles. The summed E-state index contributed by atoms with van der Waals surface area (Å²) in [6, 6.07) is 7.97. The number of nitrogens with one attached hydrogen (secondary N) is 1. The van der Waals surface area contributed by atoms with Gasteiger partial charge in [-0.1, -0.05) is 30.8 Å². The molecule has 0 bridgehead atoms. The fraction of sp³-hybridized carbons (Fsp3) is 0.409. The zero-order chi connectivity index (χ0) is 20.7. The average Bonchev–Trinajstić information content (AvgIpc) is 2.67. The van der Waals surface area contributed by atoms with Gasteiger partial charge in [-0.15, -0.1) is 0 Å². The molecule has 152 valence electrons. The number of hydrogen-bond acceptors (Lipinski definition) is 6. The van der Waals surface area contributed by atoms with E-state index in [9.17, 15) is 4.79 Å². The number of hydrogen-bond donors (Lipinski definition) is 2. The van der Waals surface area contributed by atoms with E-state index in [2.05, 4.69) is 11.9 Å². The van der Waals surface area contributed by atoms with Crippen molar-refractivity contribution in [3.8, 4) is 0 Å². The summed E-state index contributed by atoms with van der Waals surface area (Å²) in [5.74, 6) is -0.254. The normalized spacial score (nSPS) is 16.7. The second-order valence-corrected chi connectivity index (χ2v) is 6.53. The van der Waals surface area contributed by atoms with E-state index in [-0.39, 0.29) is 25.1 Å². The van der Waals surface area contributed by atoms with Crippen molar-refractivity contribution in [3.05, 3.63) is 70.3 Å². The number of carbonyl (C=O) groups excluding carboxylic acids is 1. The molecule has 6 heteroatoms. The molecule has 1 atom stereocenters. The van der Waals surface area contributed by atoms with Crippen LogP contribution in [0.25, 0.3) is 0 Å². The zero-order valence-electron chi connectivity index (χ0n) is 17.1. The van der Waals surface area contributed by atoms with Gasteiger partial charge in [-0.2, -0.15) is 0 Å². The number of dihydropyridines is 1. The van der Waals surface area contributed by atoms with E-state index < -0.39 is 0 Å². The van der Waals surface area contributed by atoms with E-state index in [1.807, 2.05) is 38.1 Å². The summed E-state index contributed by atoms with van der Waals surface area (Å²) in [7, 11) is 1.57. The van der Waals surface area contributed by atoms with Crippen LogP contribution in [-0.2, 0) is 19.0 Å². The van der Waals surface area contributed by atoms with Gasteiger partial charge in [0, 0.05) is 23.7 Å². The van der Waals surface area contributed by atoms with Crippen molar-refractivity contribution in [2.45, 2.75) is 26.7 Å². The van der Waals surface area contributed by atoms with Gasteiger partial charge in [0.2, 0.25) is 0 Å². The summed E-state index contributed by atoms with van der Waals surface area (Å²) in [6.07, 6.45) is 0. The molecule has 0 spiro atoms. The van der Waals surface area contributed by atoms with Gasteiger partial charge >= 0.3 is 5.97 Å². The van der Waals surface area contributed by atoms with Crippen molar-refractivity contribution in [1.82, 2.24) is 5.32 Å². The molecule has 0 amide bonds. The Morgan fingerprint density at radius 1 is 1.25 bits per heavy atom. The number of rotatable bonds is 9. The van der Waals surface area contributed by atoms with Gasteiger partial charge in [-0.3, -0.25) is 0 Å². The lowest BCUT2D eigenvalue weighted by Gasteiger charge is -2.33. The lowest BCUT2D eigenvalue weighted by Crippen LogP contribution is -2.33. The van der Waals surface area contributed by atoms with Crippen LogP contribution in [0.2, 0.25) is 0 Å². The first-order valence-electron chi connectivity index (χ1n) is 9.40. The minimum absolute atomic E-state index is 0.234. The summed E-state index contributed by atoms with van der Waals surface area (Å²) in [5.41, 5.74) is 10.5. The number of esters is 1. The minimum atomic E-state index is -0.386. The Bertz CT molecular complexity index is 795. The zero-order valence-corrected chi connectivity index (χ0v) is 17.1. The third kappa shape index (κ3) is 4.64. The lowest BCUT2D eigenvalue weighted by molar-refractivity contribution is -0.138. The van der Waals surface area contributed by atoms with E-state index in [0.29, 0.717) is 30.2 Å². The molecule has 1 unspecified atom stereocenters. The van der Waals surface area contributed by atoms with Crippen molar-refractivity contribution in [2.75, 3.05) is 33.5 Å². The van der Waals surface area contributed by atoms with Gasteiger partial charge in [0.15, 0.2) is 0 Å². The van der Waals surface area contributed by atoms with E-state index >= 15 is 0 Å². The minimum Gasteiger partial charge on any atom is -0.497 e. The number of benzene rings is 1. The number of methoxy groups -OCH3 is 1. The molecule has 1 aliphatic rings. The molecule has 0 aliphatic carbocycles. The predicted octanol–water partition coefficient (Wildman–Crippen LogP) is 2.91. The van der Waals surface area contributed by atoms with Crippen molar-refractivity contribution < 1.29 is 19.0 Å². The van der Waals surface area contributed by atoms with Gasteiger partial charge in [-0.05, 0) is 31.9 Å². The molecule has 1 aromatic rings. The molecule has 28 heavy (non-hydrogen) atoms. The first-order chi connectivity index (χ1) is 13.5. The highest BCUT2D eigenvalue weighted by atomic mass is 16.5. The molecule has 1 aromatic carbocycles. The Morgan fingerprint density at radius 3 is 2.57 bits per heavy atom. The topological polar surface area (TPSA) is 82.8 Å². The summed E-state index contributed by atoms with van der Waals surface area (Å²) < 4.78 is 16.5. The molecule has 3 N–H and O–H groups in total. The Hall–Kier alpha value is -2.57. The van der Waals surface area contributed by atoms with Crippen LogP contribution in [0.4, 0.5) is 0 Å². The van der Waals surface area contributed by atoms with E-state index in [4.69, 9.17) is 19.9 Å². The third-order valence-corrected chi connectivity index (χ3v) is 4.70. The summed E-state index contributed by atoms with van der Waals surface area (Å²) >= 11 is 0. The summed E-state index contributed by atoms with van der Waals surface area (Å²) in [5, 5.41) is 3.30. The largest absolute Gasteiger partial charge is 0.497 e. The van der Waals surface area contributed by atoms with Crippen LogP contribution in [0, 0.1) is 6.92 Å². The SMILES string of the molecule is C=C(OC)C1=C(C)NC(COCCN)=C(C(=O)OCC)C1c1ccccc1C. The van der Waals surface area contributed by atoms with Crippen LogP contribution in [0.5, 0.6) is 0 Å². The first kappa shape index (κ1) is 21.7. The lowest BCUT2D eigenvalue weighted by atomic mass is 9.78. The second kappa shape index (κ2) is 10.1. The molecule has 1 aliphatic heterocycles. The molecule has 2 rings (SSSR count). The third-order valence-electron chi connectivity index (χ3n) is 4.70. The Labute approximate surface area is 167 Å². The van der Waals surface area contributed by atoms with Gasteiger partial charge in [0.1, 0.15) is 5.76 Å². The van der Waals surface area contributed by atoms with E-state index in [0.717, 1.165) is 22.4 Å². The fourth-order valence-corrected chi connectivity index (χ4v) is 3.42. The van der Waals surface area contributed by atoms with Crippen LogP contribution >= 0.6 is 0 Å². The monoisotopic (exact) mass is 386 g/mol. The van der Waals surface area contributed by atoms with Crippen LogP contribution < -0.4 is 11.1 Å². The quantitative estimate of drug-likeness (QED) is 0.386. The number of aryl methyl sites for hydroxylation is 1. The van der Waals surface area contributed by atoms with Crippen LogP contribution in [0.15, 0.2) is 59.1 Å². The number of nitrogens with two attached hydrogens (primary N) is 1. The average molecular weight is 386 g/mol. The molecular weight excluding hydrogens is 356 g/mol. The maximum absolute atomic E-state index is 13.0. The highest BCUT2D eigenvalue weighted by Crippen LogP contribution is 2.42. The maximum Gasteiger partial charge on any atom is 0.336 e. The molecule has 6 nitrogen and oxygen atoms in total. The van der Waals surface area contributed by atoms with Crippen LogP contribution in [0.3, 0.4) is 0 Å². The number of carbonyl (C=O) groups is 1. The summed E-state index contributed by atoms with van der Waals surface area (Å²) in [6.45, 7) is 11.1. The molecule has 0 fully saturated rings. The van der Waals surface area contributed by atoms with Gasteiger partial charge < -0.3 is 25.3 Å². The van der Waals surface area contributed by atoms with Gasteiger partial charge in [0.05, 0.1) is 38.2 Å². The van der Waals surface area contributed by atoms with Gasteiger partial charge in [-0.25, -0.2) is 4.79 Å². The van der Waals surface area contributed by atoms with Crippen molar-refractivity contribution in [1.29, 1.82) is 0 Å². The number of allylic oxidation sites excluding steroid dienone is 2. The van der Waals surface area contributed by atoms with E-state index in [1.54, 1.807) is 14.0 Å². The van der Waals surface area contributed by atoms with Crippen molar-refractivity contribution in [2.24, 2.45) is 5.73 Å². The van der Waals surface area contributed by atoms with Crippen molar-refractivity contribution in [3.63, 3.8) is 0 Å². The highest BCUT2D eigenvalue weighted by Gasteiger charge is 2.37. The Kier molecular flexibility index (Phi) is 7.84. The smallest absolute Gasteiger partial charge is 0.336 e. The Morgan fingerprint density at radius 2 is 1.96 bits per heavy atom. The van der Waals surface area contributed by atoms with Crippen molar-refractivity contribution >= 4 is 5.97 Å². The Balaban J connectivity index is 2.67. The molecular formula is C22H30N2O4.